The third kappa shape index (κ3) is 1.95. The largest absolute Gasteiger partial charge is 0.511 e. The molecule has 0 unspecified atom stereocenters. The number of aromatic carboxylic acids is 1. The summed E-state index contributed by atoms with van der Waals surface area (Å²) in [7, 11) is -4.42. The number of benzene rings is 1. The SMILES string of the molecule is CC1=[N+](S(=O)(=O)O)c2ccc(C(=O)O)cc2C1(C)C. The van der Waals surface area contributed by atoms with Gasteiger partial charge in [0, 0.05) is 18.6 Å². The van der Waals surface area contributed by atoms with Crippen LogP contribution >= 0.6 is 0 Å². The fourth-order valence-electron chi connectivity index (χ4n) is 2.27. The van der Waals surface area contributed by atoms with Gasteiger partial charge in [0.2, 0.25) is 5.69 Å². The molecular weight excluding hydrogens is 270 g/mol. The minimum absolute atomic E-state index is 0.0804. The van der Waals surface area contributed by atoms with Crippen molar-refractivity contribution in [2.24, 2.45) is 0 Å². The van der Waals surface area contributed by atoms with Gasteiger partial charge in [0.15, 0.2) is 5.71 Å². The van der Waals surface area contributed by atoms with Crippen LogP contribution in [0.2, 0.25) is 0 Å². The Morgan fingerprint density at radius 1 is 1.32 bits per heavy atom. The molecule has 0 aliphatic carbocycles. The Kier molecular flexibility index (Phi) is 2.80. The second kappa shape index (κ2) is 3.88. The number of nitrogens with zero attached hydrogens (tertiary/aromatic N) is 1. The molecular formula is C12H14NO5S+. The lowest BCUT2D eigenvalue weighted by Crippen LogP contribution is -2.28. The van der Waals surface area contributed by atoms with Crippen LogP contribution in [0.25, 0.3) is 0 Å². The van der Waals surface area contributed by atoms with Crippen LogP contribution in [0.5, 0.6) is 0 Å². The second-order valence-electron chi connectivity index (χ2n) is 4.99. The van der Waals surface area contributed by atoms with Gasteiger partial charge in [-0.15, -0.1) is 8.42 Å². The van der Waals surface area contributed by atoms with Gasteiger partial charge in [-0.2, -0.15) is 0 Å². The Bertz CT molecular complexity index is 716. The Balaban J connectivity index is 2.80. The van der Waals surface area contributed by atoms with Gasteiger partial charge in [-0.25, -0.2) is 9.35 Å². The fraction of sp³-hybridized carbons (Fsp3) is 0.333. The van der Waals surface area contributed by atoms with E-state index in [-0.39, 0.29) is 11.3 Å². The first kappa shape index (κ1) is 13.7. The summed E-state index contributed by atoms with van der Waals surface area (Å²) in [5.41, 5.74) is 0.679. The molecule has 102 valence electrons. The van der Waals surface area contributed by atoms with E-state index in [4.69, 9.17) is 5.11 Å². The van der Waals surface area contributed by atoms with E-state index >= 15 is 0 Å². The van der Waals surface area contributed by atoms with Crippen molar-refractivity contribution in [3.8, 4) is 0 Å². The van der Waals surface area contributed by atoms with Gasteiger partial charge in [-0.05, 0) is 26.0 Å². The van der Waals surface area contributed by atoms with Gasteiger partial charge in [0.1, 0.15) is 0 Å². The Hall–Kier alpha value is -1.73. The van der Waals surface area contributed by atoms with E-state index in [0.29, 0.717) is 11.3 Å². The van der Waals surface area contributed by atoms with Crippen LogP contribution in [0, 0.1) is 0 Å². The summed E-state index contributed by atoms with van der Waals surface area (Å²) in [6, 6.07) is 4.14. The first-order valence-electron chi connectivity index (χ1n) is 5.56. The van der Waals surface area contributed by atoms with Crippen molar-refractivity contribution in [2.45, 2.75) is 26.2 Å². The molecule has 0 aromatic heterocycles. The van der Waals surface area contributed by atoms with E-state index in [0.717, 1.165) is 3.98 Å². The van der Waals surface area contributed by atoms with Crippen LogP contribution in [0.15, 0.2) is 18.2 Å². The van der Waals surface area contributed by atoms with Crippen molar-refractivity contribution in [3.05, 3.63) is 29.3 Å². The zero-order valence-corrected chi connectivity index (χ0v) is 11.5. The second-order valence-corrected chi connectivity index (χ2v) is 6.25. The molecule has 2 N–H and O–H groups in total. The van der Waals surface area contributed by atoms with E-state index in [1.54, 1.807) is 20.8 Å². The minimum atomic E-state index is -4.42. The predicted octanol–water partition coefficient (Wildman–Crippen LogP) is 1.58. The number of carboxylic acid groups (broad SMARTS) is 1. The topological polar surface area (TPSA) is 94.7 Å². The summed E-state index contributed by atoms with van der Waals surface area (Å²) in [5, 5.41) is 8.99. The van der Waals surface area contributed by atoms with Crippen LogP contribution in [-0.4, -0.2) is 33.7 Å². The van der Waals surface area contributed by atoms with Crippen LogP contribution in [0.3, 0.4) is 0 Å². The molecule has 1 aromatic rings. The van der Waals surface area contributed by atoms with Crippen LogP contribution < -0.4 is 0 Å². The van der Waals surface area contributed by atoms with Gasteiger partial charge >= 0.3 is 16.3 Å². The standard InChI is InChI=1S/C12H13NO5S/c1-7-12(2,3)9-6-8(11(14)15)4-5-10(9)13(7)19(16,17)18/h4-6H,1-3H3,(H-,14,15,16,17,18)/p+1. The predicted molar refractivity (Wildman–Crippen MR) is 68.6 cm³/mol. The van der Waals surface area contributed by atoms with E-state index in [2.05, 4.69) is 0 Å². The maximum Gasteiger partial charge on any atom is 0.511 e. The number of rotatable bonds is 2. The maximum absolute atomic E-state index is 11.5. The molecule has 0 bridgehead atoms. The summed E-state index contributed by atoms with van der Waals surface area (Å²) in [6.45, 7) is 5.14. The zero-order chi connectivity index (χ0) is 14.6. The molecule has 0 amide bonds. The zero-order valence-electron chi connectivity index (χ0n) is 10.7. The summed E-state index contributed by atoms with van der Waals surface area (Å²) in [4.78, 5) is 11.0. The Morgan fingerprint density at radius 2 is 1.89 bits per heavy atom. The van der Waals surface area contributed by atoms with E-state index < -0.39 is 21.7 Å². The van der Waals surface area contributed by atoms with E-state index in [1.165, 1.54) is 18.2 Å². The normalized spacial score (nSPS) is 17.5. The Labute approximate surface area is 110 Å². The molecule has 0 saturated carbocycles. The van der Waals surface area contributed by atoms with Crippen molar-refractivity contribution in [3.63, 3.8) is 0 Å². The van der Waals surface area contributed by atoms with Crippen molar-refractivity contribution in [1.82, 2.24) is 0 Å². The minimum Gasteiger partial charge on any atom is -0.478 e. The molecule has 1 heterocycles. The highest BCUT2D eigenvalue weighted by molar-refractivity contribution is 7.79. The number of hydrogen-bond acceptors (Lipinski definition) is 3. The lowest BCUT2D eigenvalue weighted by molar-refractivity contribution is -0.271. The van der Waals surface area contributed by atoms with Crippen molar-refractivity contribution < 1.29 is 26.9 Å². The summed E-state index contributed by atoms with van der Waals surface area (Å²) in [6.07, 6.45) is 0. The molecule has 0 radical (unpaired) electrons. The highest BCUT2D eigenvalue weighted by atomic mass is 32.2. The molecule has 7 heteroatoms. The molecule has 1 aliphatic rings. The van der Waals surface area contributed by atoms with Gasteiger partial charge < -0.3 is 5.11 Å². The molecule has 0 fully saturated rings. The van der Waals surface area contributed by atoms with Gasteiger partial charge in [0.25, 0.3) is 0 Å². The lowest BCUT2D eigenvalue weighted by atomic mass is 9.81. The highest BCUT2D eigenvalue weighted by Gasteiger charge is 2.48. The van der Waals surface area contributed by atoms with Gasteiger partial charge in [-0.3, -0.25) is 0 Å². The van der Waals surface area contributed by atoms with Gasteiger partial charge in [0.05, 0.1) is 11.0 Å². The number of carbonyl (C=O) groups is 1. The van der Waals surface area contributed by atoms with Crippen molar-refractivity contribution >= 4 is 27.7 Å². The summed E-state index contributed by atoms with van der Waals surface area (Å²) in [5.74, 6) is -1.08. The fourth-order valence-corrected chi connectivity index (χ4v) is 3.26. The van der Waals surface area contributed by atoms with Crippen LogP contribution in [-0.2, 0) is 15.7 Å². The summed E-state index contributed by atoms with van der Waals surface area (Å²) < 4.78 is 33.1. The average molecular weight is 284 g/mol. The molecule has 0 spiro atoms. The van der Waals surface area contributed by atoms with Crippen molar-refractivity contribution in [1.29, 1.82) is 0 Å². The molecule has 1 aliphatic heterocycles. The van der Waals surface area contributed by atoms with Crippen LogP contribution in [0.1, 0.15) is 36.7 Å². The number of hydrogen-bond donors (Lipinski definition) is 2. The number of carboxylic acids is 1. The van der Waals surface area contributed by atoms with Gasteiger partial charge in [-0.1, -0.05) is 3.98 Å². The third-order valence-electron chi connectivity index (χ3n) is 3.58. The third-order valence-corrected chi connectivity index (χ3v) is 4.51. The van der Waals surface area contributed by atoms with E-state index in [9.17, 15) is 17.8 Å². The first-order chi connectivity index (χ1) is 8.56. The number of fused-ring (bicyclic) bond motifs is 1. The highest BCUT2D eigenvalue weighted by Crippen LogP contribution is 2.40. The van der Waals surface area contributed by atoms with E-state index in [1.807, 2.05) is 0 Å². The monoisotopic (exact) mass is 284 g/mol. The lowest BCUT2D eigenvalue weighted by Gasteiger charge is -2.14. The Morgan fingerprint density at radius 3 is 2.37 bits per heavy atom. The molecule has 19 heavy (non-hydrogen) atoms. The first-order valence-corrected chi connectivity index (χ1v) is 6.96. The quantitative estimate of drug-likeness (QED) is 0.635. The smallest absolute Gasteiger partial charge is 0.478 e. The molecule has 2 rings (SSSR count). The molecule has 6 nitrogen and oxygen atoms in total. The molecule has 0 atom stereocenters. The summed E-state index contributed by atoms with van der Waals surface area (Å²) >= 11 is 0. The van der Waals surface area contributed by atoms with Crippen LogP contribution in [0.4, 0.5) is 5.69 Å². The average Bonchev–Trinajstić information content (AvgIpc) is 2.46. The molecule has 0 saturated heterocycles. The van der Waals surface area contributed by atoms with Crippen molar-refractivity contribution in [2.75, 3.05) is 0 Å². The molecule has 1 aromatic carbocycles. The maximum atomic E-state index is 11.5.